The number of nitrogens with one attached hydrogen (secondary N) is 1. The number of amides is 1. The van der Waals surface area contributed by atoms with Gasteiger partial charge in [0, 0.05) is 50.2 Å². The first kappa shape index (κ1) is 20.2. The third-order valence-corrected chi connectivity index (χ3v) is 6.41. The van der Waals surface area contributed by atoms with Gasteiger partial charge in [-0.15, -0.1) is 0 Å². The van der Waals surface area contributed by atoms with Gasteiger partial charge in [0.05, 0.1) is 26.5 Å². The molecular weight excluding hydrogens is 384 g/mol. The van der Waals surface area contributed by atoms with E-state index >= 15 is 0 Å². The van der Waals surface area contributed by atoms with Crippen molar-refractivity contribution in [3.8, 4) is 11.5 Å². The number of hydrogen-bond acceptors (Lipinski definition) is 6. The van der Waals surface area contributed by atoms with Crippen molar-refractivity contribution in [3.63, 3.8) is 0 Å². The molecule has 1 aromatic carbocycles. The molecule has 9 nitrogen and oxygen atoms in total. The number of carbonyl (C=O) groups excluding carboxylic acids is 1. The van der Waals surface area contributed by atoms with Crippen molar-refractivity contribution >= 4 is 21.6 Å². The molecule has 1 aliphatic heterocycles. The summed E-state index contributed by atoms with van der Waals surface area (Å²) in [6.45, 7) is 0.488. The van der Waals surface area contributed by atoms with Crippen molar-refractivity contribution < 1.29 is 22.7 Å². The minimum atomic E-state index is -3.72. The number of hydrogen-bond donors (Lipinski definition) is 1. The van der Waals surface area contributed by atoms with E-state index in [1.54, 1.807) is 29.8 Å². The van der Waals surface area contributed by atoms with E-state index < -0.39 is 15.9 Å². The third kappa shape index (κ3) is 4.28. The molecule has 1 atom stereocenters. The lowest BCUT2D eigenvalue weighted by Gasteiger charge is -2.30. The molecule has 1 saturated heterocycles. The number of piperidine rings is 1. The van der Waals surface area contributed by atoms with Crippen molar-refractivity contribution in [2.75, 3.05) is 32.6 Å². The molecule has 152 valence electrons. The van der Waals surface area contributed by atoms with Crippen molar-refractivity contribution in [2.24, 2.45) is 13.0 Å². The van der Waals surface area contributed by atoms with Crippen molar-refractivity contribution in [2.45, 2.75) is 17.9 Å². The molecule has 0 saturated carbocycles. The number of nitrogens with zero attached hydrogens (tertiary/aromatic N) is 3. The van der Waals surface area contributed by atoms with Crippen LogP contribution in [0.5, 0.6) is 11.5 Å². The standard InChI is InChI=1S/C18H24N4O5S/c1-21-11-17(19-12-21)28(24,25)22-6-4-5-13(10-22)18(23)20-14-7-15(26-2)9-16(8-14)27-3/h7-9,11-13H,4-6,10H2,1-3H3,(H,20,23)/t13-/m0/s1. The molecule has 0 bridgehead atoms. The number of anilines is 1. The summed E-state index contributed by atoms with van der Waals surface area (Å²) < 4.78 is 38.9. The molecule has 0 aliphatic carbocycles. The van der Waals surface area contributed by atoms with Crippen LogP contribution < -0.4 is 14.8 Å². The topological polar surface area (TPSA) is 103 Å². The lowest BCUT2D eigenvalue weighted by atomic mass is 9.98. The van der Waals surface area contributed by atoms with Gasteiger partial charge in [-0.05, 0) is 12.8 Å². The van der Waals surface area contributed by atoms with Crippen LogP contribution in [0.3, 0.4) is 0 Å². The van der Waals surface area contributed by atoms with Gasteiger partial charge in [0.25, 0.3) is 10.0 Å². The minimum absolute atomic E-state index is 0.00593. The maximum Gasteiger partial charge on any atom is 0.262 e. The zero-order valence-electron chi connectivity index (χ0n) is 16.1. The highest BCUT2D eigenvalue weighted by Gasteiger charge is 2.34. The Morgan fingerprint density at radius 3 is 2.46 bits per heavy atom. The maximum absolute atomic E-state index is 12.8. The third-order valence-electron chi connectivity index (χ3n) is 4.66. The average molecular weight is 408 g/mol. The van der Waals surface area contributed by atoms with Crippen LogP contribution in [0.1, 0.15) is 12.8 Å². The van der Waals surface area contributed by atoms with Crippen LogP contribution in [0.4, 0.5) is 5.69 Å². The number of methoxy groups -OCH3 is 2. The van der Waals surface area contributed by atoms with E-state index in [0.29, 0.717) is 36.6 Å². The summed E-state index contributed by atoms with van der Waals surface area (Å²) in [5.74, 6) is 0.413. The van der Waals surface area contributed by atoms with Gasteiger partial charge in [-0.3, -0.25) is 4.79 Å². The number of sulfonamides is 1. The Bertz CT molecular complexity index is 934. The first-order chi connectivity index (χ1) is 13.3. The van der Waals surface area contributed by atoms with Gasteiger partial charge < -0.3 is 19.4 Å². The van der Waals surface area contributed by atoms with Gasteiger partial charge in [-0.2, -0.15) is 4.31 Å². The second kappa shape index (κ2) is 8.19. The molecule has 0 spiro atoms. The van der Waals surface area contributed by atoms with Crippen molar-refractivity contribution in [1.29, 1.82) is 0 Å². The Morgan fingerprint density at radius 2 is 1.89 bits per heavy atom. The number of aryl methyl sites for hydroxylation is 1. The predicted molar refractivity (Wildman–Crippen MR) is 103 cm³/mol. The normalized spacial score (nSPS) is 17.9. The van der Waals surface area contributed by atoms with Crippen LogP contribution in [0.2, 0.25) is 0 Å². The second-order valence-corrected chi connectivity index (χ2v) is 8.55. The molecule has 2 aromatic rings. The minimum Gasteiger partial charge on any atom is -0.497 e. The largest absolute Gasteiger partial charge is 0.497 e. The number of rotatable bonds is 6. The van der Waals surface area contributed by atoms with Gasteiger partial charge >= 0.3 is 0 Å². The summed E-state index contributed by atoms with van der Waals surface area (Å²) in [5.41, 5.74) is 0.533. The first-order valence-electron chi connectivity index (χ1n) is 8.85. The molecule has 2 heterocycles. The zero-order valence-corrected chi connectivity index (χ0v) is 16.9. The predicted octanol–water partition coefficient (Wildman–Crippen LogP) is 1.48. The first-order valence-corrected chi connectivity index (χ1v) is 10.3. The van der Waals surface area contributed by atoms with E-state index in [-0.39, 0.29) is 17.5 Å². The molecule has 1 aliphatic rings. The van der Waals surface area contributed by atoms with Crippen LogP contribution in [-0.2, 0) is 21.9 Å². The van der Waals surface area contributed by atoms with Crippen LogP contribution in [0, 0.1) is 5.92 Å². The molecule has 10 heteroatoms. The van der Waals surface area contributed by atoms with Crippen molar-refractivity contribution in [1.82, 2.24) is 13.9 Å². The van der Waals surface area contributed by atoms with Gasteiger partial charge in [0.15, 0.2) is 5.03 Å². The Balaban J connectivity index is 1.73. The maximum atomic E-state index is 12.8. The molecule has 1 aromatic heterocycles. The van der Waals surface area contributed by atoms with Gasteiger partial charge in [0.2, 0.25) is 5.91 Å². The number of imidazole rings is 1. The molecule has 0 unspecified atom stereocenters. The Hall–Kier alpha value is -2.59. The Labute approximate surface area is 164 Å². The summed E-state index contributed by atoms with van der Waals surface area (Å²) in [7, 11) is 1.05. The van der Waals surface area contributed by atoms with Gasteiger partial charge in [-0.25, -0.2) is 13.4 Å². The molecule has 0 radical (unpaired) electrons. The molecule has 1 fully saturated rings. The molecule has 1 N–H and O–H groups in total. The van der Waals surface area contributed by atoms with E-state index in [1.807, 2.05) is 0 Å². The van der Waals surface area contributed by atoms with E-state index in [0.717, 1.165) is 0 Å². The quantitative estimate of drug-likeness (QED) is 0.777. The summed E-state index contributed by atoms with van der Waals surface area (Å²) in [6.07, 6.45) is 4.12. The average Bonchev–Trinajstić information content (AvgIpc) is 3.15. The molecular formula is C18H24N4O5S. The second-order valence-electron chi connectivity index (χ2n) is 6.67. The zero-order chi connectivity index (χ0) is 20.3. The number of aromatic nitrogens is 2. The lowest BCUT2D eigenvalue weighted by Crippen LogP contribution is -2.43. The van der Waals surface area contributed by atoms with Crippen LogP contribution in [-0.4, -0.2) is 55.5 Å². The van der Waals surface area contributed by atoms with E-state index in [1.165, 1.54) is 31.0 Å². The van der Waals surface area contributed by atoms with Crippen LogP contribution in [0.25, 0.3) is 0 Å². The fraction of sp³-hybridized carbons (Fsp3) is 0.444. The molecule has 3 rings (SSSR count). The van der Waals surface area contributed by atoms with E-state index in [4.69, 9.17) is 9.47 Å². The molecule has 28 heavy (non-hydrogen) atoms. The van der Waals surface area contributed by atoms with E-state index in [9.17, 15) is 13.2 Å². The number of ether oxygens (including phenoxy) is 2. The monoisotopic (exact) mass is 408 g/mol. The van der Waals surface area contributed by atoms with Crippen molar-refractivity contribution in [3.05, 3.63) is 30.7 Å². The molecule has 1 amide bonds. The number of carbonyl (C=O) groups is 1. The fourth-order valence-electron chi connectivity index (χ4n) is 3.15. The Morgan fingerprint density at radius 1 is 1.21 bits per heavy atom. The fourth-order valence-corrected chi connectivity index (χ4v) is 4.64. The van der Waals surface area contributed by atoms with Gasteiger partial charge in [0.1, 0.15) is 11.5 Å². The van der Waals surface area contributed by atoms with Crippen LogP contribution in [0.15, 0.2) is 35.7 Å². The SMILES string of the molecule is COc1cc(NC(=O)[C@H]2CCCN(S(=O)(=O)c3cn(C)cn3)C2)cc(OC)c1. The van der Waals surface area contributed by atoms with Crippen LogP contribution >= 0.6 is 0 Å². The summed E-state index contributed by atoms with van der Waals surface area (Å²) in [5, 5.41) is 2.83. The Kier molecular flexibility index (Phi) is 5.90. The number of benzene rings is 1. The van der Waals surface area contributed by atoms with E-state index in [2.05, 4.69) is 10.3 Å². The summed E-state index contributed by atoms with van der Waals surface area (Å²) >= 11 is 0. The highest BCUT2D eigenvalue weighted by atomic mass is 32.2. The van der Waals surface area contributed by atoms with Gasteiger partial charge in [-0.1, -0.05) is 0 Å². The summed E-state index contributed by atoms with van der Waals surface area (Å²) in [6, 6.07) is 5.08. The lowest BCUT2D eigenvalue weighted by molar-refractivity contribution is -0.120. The highest BCUT2D eigenvalue weighted by molar-refractivity contribution is 7.89. The summed E-state index contributed by atoms with van der Waals surface area (Å²) in [4.78, 5) is 16.7. The smallest absolute Gasteiger partial charge is 0.262 e. The highest BCUT2D eigenvalue weighted by Crippen LogP contribution is 2.28.